The molecule has 1 aromatic carbocycles. The van der Waals surface area contributed by atoms with E-state index >= 15 is 0 Å². The van der Waals surface area contributed by atoms with Gasteiger partial charge in [0.05, 0.1) is 12.3 Å². The van der Waals surface area contributed by atoms with Crippen LogP contribution >= 0.6 is 0 Å². The second-order valence-electron chi connectivity index (χ2n) is 7.90. The number of para-hydroxylation sites is 1. The second-order valence-corrected chi connectivity index (χ2v) is 9.68. The van der Waals surface area contributed by atoms with E-state index in [-0.39, 0.29) is 29.9 Å². The molecule has 2 N–H and O–H groups in total. The number of sulfonamides is 1. The van der Waals surface area contributed by atoms with E-state index in [0.29, 0.717) is 38.9 Å². The van der Waals surface area contributed by atoms with Gasteiger partial charge in [-0.1, -0.05) is 18.2 Å². The number of piperazine rings is 1. The summed E-state index contributed by atoms with van der Waals surface area (Å²) in [5.41, 5.74) is 2.20. The third kappa shape index (κ3) is 3.92. The number of hydrogen-bond donors (Lipinski definition) is 2. The summed E-state index contributed by atoms with van der Waals surface area (Å²) in [6, 6.07) is 7.42. The molecule has 0 radical (unpaired) electrons. The van der Waals surface area contributed by atoms with Crippen LogP contribution in [-0.4, -0.2) is 69.1 Å². The first kappa shape index (κ1) is 19.4. The minimum absolute atomic E-state index is 0.0378. The molecule has 2 amide bonds. The van der Waals surface area contributed by atoms with E-state index in [1.54, 1.807) is 0 Å². The van der Waals surface area contributed by atoms with Crippen molar-refractivity contribution in [1.29, 1.82) is 0 Å². The van der Waals surface area contributed by atoms with Crippen molar-refractivity contribution in [2.75, 3.05) is 30.8 Å². The highest BCUT2D eigenvalue weighted by Crippen LogP contribution is 2.30. The molecule has 3 heterocycles. The van der Waals surface area contributed by atoms with Crippen LogP contribution in [0.25, 0.3) is 0 Å². The van der Waals surface area contributed by atoms with Gasteiger partial charge in [0.2, 0.25) is 21.8 Å². The lowest BCUT2D eigenvalue weighted by molar-refractivity contribution is -0.129. The molecule has 8 nitrogen and oxygen atoms in total. The summed E-state index contributed by atoms with van der Waals surface area (Å²) < 4.78 is 25.7. The van der Waals surface area contributed by atoms with Crippen molar-refractivity contribution in [1.82, 2.24) is 14.9 Å². The molecule has 0 unspecified atom stereocenters. The minimum atomic E-state index is -3.32. The van der Waals surface area contributed by atoms with Gasteiger partial charge in [0.1, 0.15) is 0 Å². The van der Waals surface area contributed by atoms with E-state index in [9.17, 15) is 18.0 Å². The van der Waals surface area contributed by atoms with Gasteiger partial charge in [-0.15, -0.1) is 0 Å². The Balaban J connectivity index is 1.38. The third-order valence-electron chi connectivity index (χ3n) is 5.88. The lowest BCUT2D eigenvalue weighted by Crippen LogP contribution is -2.58. The highest BCUT2D eigenvalue weighted by atomic mass is 32.2. The molecule has 0 saturated carbocycles. The number of hydrogen-bond acceptors (Lipinski definition) is 5. The van der Waals surface area contributed by atoms with Crippen molar-refractivity contribution in [3.63, 3.8) is 0 Å². The average molecular weight is 407 g/mol. The fraction of sp³-hybridized carbons (Fsp3) is 0.579. The zero-order chi connectivity index (χ0) is 19.9. The Morgan fingerprint density at radius 1 is 1.32 bits per heavy atom. The quantitative estimate of drug-likeness (QED) is 0.708. The maximum Gasteiger partial charge on any atom is 0.237 e. The monoisotopic (exact) mass is 406 g/mol. The standard InChI is InChI=1S/C19H26N4O4S/c1-28(26,27)21-14-10-17-19(25)20-11-15(23(17)12-14)6-7-18(24)22-9-8-13-4-2-3-5-16(13)22/h2-5,14-15,17,21H,6-12H2,1H3,(H,20,25)/t14-,15-,17+/m1/s1. The summed E-state index contributed by atoms with van der Waals surface area (Å²) in [6.07, 6.45) is 3.52. The van der Waals surface area contributed by atoms with E-state index in [2.05, 4.69) is 21.0 Å². The van der Waals surface area contributed by atoms with Crippen LogP contribution in [0, 0.1) is 0 Å². The molecule has 1 aromatic rings. The van der Waals surface area contributed by atoms with Crippen LogP contribution in [0.15, 0.2) is 24.3 Å². The number of fused-ring (bicyclic) bond motifs is 2. The summed E-state index contributed by atoms with van der Waals surface area (Å²) in [6.45, 7) is 1.70. The number of amides is 2. The Morgan fingerprint density at radius 2 is 2.11 bits per heavy atom. The molecule has 3 aliphatic rings. The molecule has 4 rings (SSSR count). The molecule has 2 fully saturated rings. The number of carbonyl (C=O) groups excluding carboxylic acids is 2. The van der Waals surface area contributed by atoms with E-state index in [0.717, 1.165) is 18.4 Å². The highest BCUT2D eigenvalue weighted by molar-refractivity contribution is 7.88. The predicted octanol–water partition coefficient (Wildman–Crippen LogP) is -0.154. The molecule has 9 heteroatoms. The average Bonchev–Trinajstić information content (AvgIpc) is 3.24. The van der Waals surface area contributed by atoms with Gasteiger partial charge in [0.25, 0.3) is 0 Å². The van der Waals surface area contributed by atoms with Crippen LogP contribution in [-0.2, 0) is 26.0 Å². The molecule has 0 bridgehead atoms. The second kappa shape index (κ2) is 7.46. The summed E-state index contributed by atoms with van der Waals surface area (Å²) in [5, 5.41) is 2.91. The van der Waals surface area contributed by atoms with Crippen molar-refractivity contribution >= 4 is 27.5 Å². The lowest BCUT2D eigenvalue weighted by atomic mass is 10.0. The smallest absolute Gasteiger partial charge is 0.237 e. The van der Waals surface area contributed by atoms with Crippen LogP contribution in [0.3, 0.4) is 0 Å². The number of nitrogens with one attached hydrogen (secondary N) is 2. The predicted molar refractivity (Wildman–Crippen MR) is 105 cm³/mol. The summed E-state index contributed by atoms with van der Waals surface area (Å²) >= 11 is 0. The first-order valence-electron chi connectivity index (χ1n) is 9.71. The van der Waals surface area contributed by atoms with E-state index in [4.69, 9.17) is 0 Å². The SMILES string of the molecule is CS(=O)(=O)N[C@@H]1C[C@H]2C(=O)NC[C@@H](CCC(=O)N3CCc4ccccc43)N2C1. The van der Waals surface area contributed by atoms with Crippen LogP contribution in [0.1, 0.15) is 24.8 Å². The Kier molecular flexibility index (Phi) is 5.15. The van der Waals surface area contributed by atoms with Crippen molar-refractivity contribution in [3.8, 4) is 0 Å². The van der Waals surface area contributed by atoms with Crippen LogP contribution in [0.4, 0.5) is 5.69 Å². The van der Waals surface area contributed by atoms with Gasteiger partial charge in [-0.05, 0) is 30.9 Å². The van der Waals surface area contributed by atoms with Crippen molar-refractivity contribution in [2.45, 2.75) is 43.8 Å². The molecule has 3 atom stereocenters. The van der Waals surface area contributed by atoms with Gasteiger partial charge in [0, 0.05) is 43.8 Å². The normalized spacial score (nSPS) is 27.4. The number of anilines is 1. The summed E-state index contributed by atoms with van der Waals surface area (Å²) in [7, 11) is -3.32. The molecule has 0 aromatic heterocycles. The van der Waals surface area contributed by atoms with Gasteiger partial charge in [0.15, 0.2) is 0 Å². The van der Waals surface area contributed by atoms with Gasteiger partial charge in [-0.25, -0.2) is 13.1 Å². The van der Waals surface area contributed by atoms with Gasteiger partial charge < -0.3 is 10.2 Å². The van der Waals surface area contributed by atoms with Gasteiger partial charge >= 0.3 is 0 Å². The largest absolute Gasteiger partial charge is 0.353 e. The van der Waals surface area contributed by atoms with Crippen molar-refractivity contribution in [3.05, 3.63) is 29.8 Å². The van der Waals surface area contributed by atoms with Crippen LogP contribution < -0.4 is 14.9 Å². The van der Waals surface area contributed by atoms with Crippen LogP contribution in [0.2, 0.25) is 0 Å². The van der Waals surface area contributed by atoms with E-state index in [1.165, 1.54) is 5.56 Å². The zero-order valence-corrected chi connectivity index (χ0v) is 16.7. The maximum atomic E-state index is 12.8. The molecule has 3 aliphatic heterocycles. The Hall–Kier alpha value is -1.97. The fourth-order valence-corrected chi connectivity index (χ4v) is 5.43. The minimum Gasteiger partial charge on any atom is -0.353 e. The van der Waals surface area contributed by atoms with E-state index < -0.39 is 10.0 Å². The van der Waals surface area contributed by atoms with Gasteiger partial charge in [-0.2, -0.15) is 0 Å². The Labute approximate surface area is 165 Å². The maximum absolute atomic E-state index is 12.8. The Morgan fingerprint density at radius 3 is 2.89 bits per heavy atom. The third-order valence-corrected chi connectivity index (χ3v) is 6.64. The fourth-order valence-electron chi connectivity index (χ4n) is 4.65. The first-order chi connectivity index (χ1) is 13.3. The molecule has 2 saturated heterocycles. The summed E-state index contributed by atoms with van der Waals surface area (Å²) in [5.74, 6) is 0.0391. The topological polar surface area (TPSA) is 98.8 Å². The Bertz CT molecular complexity index is 888. The molecule has 28 heavy (non-hydrogen) atoms. The lowest BCUT2D eigenvalue weighted by Gasteiger charge is -2.37. The number of rotatable bonds is 5. The highest BCUT2D eigenvalue weighted by Gasteiger charge is 2.44. The molecule has 0 spiro atoms. The molecular formula is C19H26N4O4S. The molecule has 0 aliphatic carbocycles. The number of benzene rings is 1. The number of carbonyl (C=O) groups is 2. The van der Waals surface area contributed by atoms with Crippen LogP contribution in [0.5, 0.6) is 0 Å². The first-order valence-corrected chi connectivity index (χ1v) is 11.6. The number of nitrogens with zero attached hydrogens (tertiary/aromatic N) is 2. The van der Waals surface area contributed by atoms with Gasteiger partial charge in [-0.3, -0.25) is 14.5 Å². The van der Waals surface area contributed by atoms with Crippen molar-refractivity contribution < 1.29 is 18.0 Å². The molecular weight excluding hydrogens is 380 g/mol. The summed E-state index contributed by atoms with van der Waals surface area (Å²) in [4.78, 5) is 28.9. The van der Waals surface area contributed by atoms with Crippen molar-refractivity contribution in [2.24, 2.45) is 0 Å². The van der Waals surface area contributed by atoms with E-state index in [1.807, 2.05) is 23.1 Å². The molecule has 152 valence electrons. The zero-order valence-electron chi connectivity index (χ0n) is 15.9.